The molecule has 1 saturated heterocycles. The van der Waals surface area contributed by atoms with Crippen LogP contribution in [0.1, 0.15) is 0 Å². The normalized spacial score (nSPS) is 15.5. The van der Waals surface area contributed by atoms with E-state index in [4.69, 9.17) is 4.74 Å². The van der Waals surface area contributed by atoms with E-state index in [1.807, 2.05) is 12.3 Å². The average molecular weight is 400 g/mol. The number of piperazine rings is 1. The van der Waals surface area contributed by atoms with Gasteiger partial charge in [-0.05, 0) is 12.1 Å². The van der Waals surface area contributed by atoms with Crippen molar-refractivity contribution in [2.75, 3.05) is 38.2 Å². The summed E-state index contributed by atoms with van der Waals surface area (Å²) in [6, 6.07) is 8.41. The number of aromatic nitrogens is 4. The summed E-state index contributed by atoms with van der Waals surface area (Å²) in [5.74, 6) is 2.00. The number of hydrogen-bond donors (Lipinski definition) is 0. The van der Waals surface area contributed by atoms with E-state index >= 15 is 0 Å². The predicted molar refractivity (Wildman–Crippen MR) is 103 cm³/mol. The monoisotopic (exact) mass is 400 g/mol. The Morgan fingerprint density at radius 1 is 1.04 bits per heavy atom. The molecule has 3 heterocycles. The van der Waals surface area contributed by atoms with E-state index in [1.165, 1.54) is 17.7 Å². The van der Waals surface area contributed by atoms with Crippen LogP contribution in [0.25, 0.3) is 5.82 Å². The van der Waals surface area contributed by atoms with Gasteiger partial charge < -0.3 is 9.64 Å². The second-order valence-corrected chi connectivity index (χ2v) is 8.21. The fraction of sp³-hybridized carbons (Fsp3) is 0.278. The van der Waals surface area contributed by atoms with Crippen molar-refractivity contribution in [3.05, 3.63) is 55.4 Å². The zero-order valence-electron chi connectivity index (χ0n) is 15.3. The van der Waals surface area contributed by atoms with Crippen LogP contribution in [0, 0.1) is 0 Å². The molecule has 0 N–H and O–H groups in total. The van der Waals surface area contributed by atoms with E-state index in [0.717, 1.165) is 5.82 Å². The number of methoxy groups -OCH3 is 1. The van der Waals surface area contributed by atoms with Crippen molar-refractivity contribution in [1.82, 2.24) is 23.8 Å². The van der Waals surface area contributed by atoms with E-state index in [2.05, 4.69) is 19.9 Å². The van der Waals surface area contributed by atoms with E-state index in [1.54, 1.807) is 41.4 Å². The Balaban J connectivity index is 1.48. The van der Waals surface area contributed by atoms with Gasteiger partial charge in [-0.1, -0.05) is 6.07 Å². The van der Waals surface area contributed by atoms with Gasteiger partial charge in [-0.2, -0.15) is 4.31 Å². The molecule has 2 aromatic heterocycles. The first-order valence-electron chi connectivity index (χ1n) is 8.77. The lowest BCUT2D eigenvalue weighted by atomic mass is 10.3. The van der Waals surface area contributed by atoms with Crippen LogP contribution in [0.2, 0.25) is 0 Å². The Bertz CT molecular complexity index is 1050. The summed E-state index contributed by atoms with van der Waals surface area (Å²) in [6.07, 6.45) is 6.67. The first kappa shape index (κ1) is 18.4. The molecule has 0 saturated carbocycles. The topological polar surface area (TPSA) is 93.5 Å². The highest BCUT2D eigenvalue weighted by atomic mass is 32.2. The van der Waals surface area contributed by atoms with Gasteiger partial charge in [-0.25, -0.2) is 23.4 Å². The molecule has 0 unspecified atom stereocenters. The van der Waals surface area contributed by atoms with Gasteiger partial charge in [-0.3, -0.25) is 4.57 Å². The van der Waals surface area contributed by atoms with Gasteiger partial charge in [0.25, 0.3) is 0 Å². The van der Waals surface area contributed by atoms with Gasteiger partial charge in [0, 0.05) is 50.7 Å². The Morgan fingerprint density at radius 3 is 2.54 bits per heavy atom. The van der Waals surface area contributed by atoms with Gasteiger partial charge in [0.2, 0.25) is 10.0 Å². The minimum absolute atomic E-state index is 0.240. The molecule has 0 radical (unpaired) electrons. The molecule has 3 aromatic rings. The summed E-state index contributed by atoms with van der Waals surface area (Å²) < 4.78 is 34.3. The minimum atomic E-state index is -3.56. The highest BCUT2D eigenvalue weighted by molar-refractivity contribution is 7.89. The zero-order chi connectivity index (χ0) is 19.6. The number of hydrogen-bond acceptors (Lipinski definition) is 7. The molecule has 0 amide bonds. The summed E-state index contributed by atoms with van der Waals surface area (Å²) >= 11 is 0. The molecule has 0 bridgehead atoms. The minimum Gasteiger partial charge on any atom is -0.497 e. The van der Waals surface area contributed by atoms with Crippen LogP contribution in [-0.4, -0.2) is 65.5 Å². The number of ether oxygens (including phenoxy) is 1. The molecule has 1 aromatic carbocycles. The molecular weight excluding hydrogens is 380 g/mol. The average Bonchev–Trinajstić information content (AvgIpc) is 3.29. The summed E-state index contributed by atoms with van der Waals surface area (Å²) in [5, 5.41) is 0. The third kappa shape index (κ3) is 3.56. The Kier molecular flexibility index (Phi) is 4.97. The summed E-state index contributed by atoms with van der Waals surface area (Å²) in [7, 11) is -2.04. The number of anilines is 1. The van der Waals surface area contributed by atoms with E-state index in [9.17, 15) is 8.42 Å². The number of sulfonamides is 1. The second-order valence-electron chi connectivity index (χ2n) is 6.27. The van der Waals surface area contributed by atoms with Crippen molar-refractivity contribution in [3.63, 3.8) is 0 Å². The SMILES string of the molecule is COc1cccc(S(=O)(=O)N2CCN(c3cc(-n4ccnc4)ncn3)CC2)c1. The molecule has 1 aliphatic heterocycles. The van der Waals surface area contributed by atoms with Crippen molar-refractivity contribution < 1.29 is 13.2 Å². The smallest absolute Gasteiger partial charge is 0.243 e. The third-order valence-electron chi connectivity index (χ3n) is 4.65. The molecule has 1 aliphatic rings. The van der Waals surface area contributed by atoms with E-state index in [0.29, 0.717) is 37.7 Å². The maximum atomic E-state index is 12.9. The van der Waals surface area contributed by atoms with Crippen LogP contribution in [0.4, 0.5) is 5.82 Å². The largest absolute Gasteiger partial charge is 0.497 e. The lowest BCUT2D eigenvalue weighted by Gasteiger charge is -2.34. The number of imidazole rings is 1. The number of nitrogens with zero attached hydrogens (tertiary/aromatic N) is 6. The molecule has 146 valence electrons. The van der Waals surface area contributed by atoms with Gasteiger partial charge in [-0.15, -0.1) is 0 Å². The van der Waals surface area contributed by atoms with E-state index < -0.39 is 10.0 Å². The Labute approximate surface area is 163 Å². The fourth-order valence-electron chi connectivity index (χ4n) is 3.11. The molecule has 0 atom stereocenters. The van der Waals surface area contributed by atoms with Crippen LogP contribution in [0.15, 0.2) is 60.3 Å². The van der Waals surface area contributed by atoms with Crippen molar-refractivity contribution in [1.29, 1.82) is 0 Å². The fourth-order valence-corrected chi connectivity index (χ4v) is 4.57. The number of rotatable bonds is 5. The quantitative estimate of drug-likeness (QED) is 0.635. The van der Waals surface area contributed by atoms with Crippen molar-refractivity contribution in [3.8, 4) is 11.6 Å². The first-order chi connectivity index (χ1) is 13.6. The molecule has 1 fully saturated rings. The maximum absolute atomic E-state index is 12.9. The second kappa shape index (κ2) is 7.56. The van der Waals surface area contributed by atoms with Crippen molar-refractivity contribution >= 4 is 15.8 Å². The summed E-state index contributed by atoms with van der Waals surface area (Å²) in [5.41, 5.74) is 0. The highest BCUT2D eigenvalue weighted by Crippen LogP contribution is 2.23. The predicted octanol–water partition coefficient (Wildman–Crippen LogP) is 1.18. The molecule has 4 rings (SSSR count). The standard InChI is InChI=1S/C18H20N6O3S/c1-27-15-3-2-4-16(11-15)28(25,26)24-9-7-22(8-10-24)17-12-18(21-13-20-17)23-6-5-19-14-23/h2-6,11-14H,7-10H2,1H3. The molecular formula is C18H20N6O3S. The van der Waals surface area contributed by atoms with Crippen LogP contribution in [0.5, 0.6) is 5.75 Å². The molecule has 10 heteroatoms. The maximum Gasteiger partial charge on any atom is 0.243 e. The molecule has 9 nitrogen and oxygen atoms in total. The lowest BCUT2D eigenvalue weighted by Crippen LogP contribution is -2.48. The van der Waals surface area contributed by atoms with Crippen LogP contribution >= 0.6 is 0 Å². The Morgan fingerprint density at radius 2 is 1.82 bits per heavy atom. The zero-order valence-corrected chi connectivity index (χ0v) is 16.2. The first-order valence-corrected chi connectivity index (χ1v) is 10.2. The van der Waals surface area contributed by atoms with Gasteiger partial charge in [0.05, 0.1) is 12.0 Å². The van der Waals surface area contributed by atoms with Crippen LogP contribution < -0.4 is 9.64 Å². The van der Waals surface area contributed by atoms with E-state index in [-0.39, 0.29) is 4.90 Å². The molecule has 0 aliphatic carbocycles. The number of benzene rings is 1. The summed E-state index contributed by atoms with van der Waals surface area (Å²) in [4.78, 5) is 14.9. The van der Waals surface area contributed by atoms with Crippen molar-refractivity contribution in [2.24, 2.45) is 0 Å². The van der Waals surface area contributed by atoms with Gasteiger partial charge in [0.1, 0.15) is 30.0 Å². The van der Waals surface area contributed by atoms with Crippen LogP contribution in [0.3, 0.4) is 0 Å². The van der Waals surface area contributed by atoms with Crippen molar-refractivity contribution in [2.45, 2.75) is 4.90 Å². The molecule has 28 heavy (non-hydrogen) atoms. The van der Waals surface area contributed by atoms with Gasteiger partial charge in [0.15, 0.2) is 0 Å². The summed E-state index contributed by atoms with van der Waals surface area (Å²) in [6.45, 7) is 1.85. The Hall–Kier alpha value is -2.98. The molecule has 0 spiro atoms. The van der Waals surface area contributed by atoms with Crippen LogP contribution in [-0.2, 0) is 10.0 Å². The highest BCUT2D eigenvalue weighted by Gasteiger charge is 2.29. The third-order valence-corrected chi connectivity index (χ3v) is 6.54. The lowest BCUT2D eigenvalue weighted by molar-refractivity contribution is 0.382. The van der Waals surface area contributed by atoms with Gasteiger partial charge >= 0.3 is 0 Å².